The number of rotatable bonds is 5. The number of carbonyl (C=O) groups is 1. The van der Waals surface area contributed by atoms with E-state index in [9.17, 15) is 9.18 Å². The Kier molecular flexibility index (Phi) is 4.60. The number of carbonyl (C=O) groups excluding carboxylic acids is 1. The summed E-state index contributed by atoms with van der Waals surface area (Å²) in [5, 5.41) is 3.24. The summed E-state index contributed by atoms with van der Waals surface area (Å²) in [6.45, 7) is 4.43. The lowest BCUT2D eigenvalue weighted by Gasteiger charge is -2.24. The molecule has 0 unspecified atom stereocenters. The molecule has 1 atom stereocenters. The van der Waals surface area contributed by atoms with E-state index >= 15 is 0 Å². The Hall–Kier alpha value is -1.07. The summed E-state index contributed by atoms with van der Waals surface area (Å²) in [4.78, 5) is 13.7. The van der Waals surface area contributed by atoms with E-state index in [-0.39, 0.29) is 17.1 Å². The van der Waals surface area contributed by atoms with Crippen molar-refractivity contribution < 1.29 is 9.18 Å². The second-order valence-corrected chi connectivity index (χ2v) is 5.22. The first-order valence-corrected chi connectivity index (χ1v) is 7.14. The average molecular weight is 268 g/mol. The molecule has 18 heavy (non-hydrogen) atoms. The highest BCUT2D eigenvalue weighted by atomic mass is 32.2. The first kappa shape index (κ1) is 13.4. The van der Waals surface area contributed by atoms with Crippen molar-refractivity contribution in [1.82, 2.24) is 10.2 Å². The lowest BCUT2D eigenvalue weighted by molar-refractivity contribution is -0.128. The Morgan fingerprint density at radius 2 is 2.17 bits per heavy atom. The van der Waals surface area contributed by atoms with Crippen LogP contribution in [0.5, 0.6) is 0 Å². The minimum atomic E-state index is -0.243. The van der Waals surface area contributed by atoms with Crippen molar-refractivity contribution in [2.24, 2.45) is 0 Å². The fraction of sp³-hybridized carbons (Fsp3) is 0.462. The van der Waals surface area contributed by atoms with Crippen molar-refractivity contribution in [1.29, 1.82) is 0 Å². The van der Waals surface area contributed by atoms with Crippen molar-refractivity contribution in [2.75, 3.05) is 25.4 Å². The number of thioether (sulfide) groups is 1. The van der Waals surface area contributed by atoms with E-state index in [4.69, 9.17) is 0 Å². The molecule has 3 nitrogen and oxygen atoms in total. The van der Waals surface area contributed by atoms with Crippen molar-refractivity contribution in [3.8, 4) is 0 Å². The van der Waals surface area contributed by atoms with Crippen molar-refractivity contribution in [2.45, 2.75) is 12.3 Å². The van der Waals surface area contributed by atoms with Gasteiger partial charge in [-0.05, 0) is 24.2 Å². The highest BCUT2D eigenvalue weighted by Crippen LogP contribution is 2.38. The number of halogens is 1. The second-order valence-electron chi connectivity index (χ2n) is 4.16. The fourth-order valence-corrected chi connectivity index (χ4v) is 3.19. The number of nitrogens with zero attached hydrogens (tertiary/aromatic N) is 1. The van der Waals surface area contributed by atoms with E-state index in [1.807, 2.05) is 11.8 Å². The van der Waals surface area contributed by atoms with Crippen LogP contribution in [0.15, 0.2) is 24.3 Å². The Labute approximate surface area is 111 Å². The standard InChI is InChI=1S/C13H17FN2OS/c1-2-15-7-8-16-12(17)9-18-13(16)10-3-5-11(14)6-4-10/h3-6,13,15H,2,7-9H2,1H3/t13-/m1/s1. The summed E-state index contributed by atoms with van der Waals surface area (Å²) in [5.41, 5.74) is 0.990. The molecule has 0 saturated carbocycles. The van der Waals surface area contributed by atoms with Crippen LogP contribution in [-0.2, 0) is 4.79 Å². The molecule has 1 aliphatic heterocycles. The van der Waals surface area contributed by atoms with Gasteiger partial charge in [0, 0.05) is 13.1 Å². The fourth-order valence-electron chi connectivity index (χ4n) is 1.98. The molecule has 0 radical (unpaired) electrons. The van der Waals surface area contributed by atoms with Gasteiger partial charge >= 0.3 is 0 Å². The molecule has 0 bridgehead atoms. The molecule has 1 aromatic rings. The van der Waals surface area contributed by atoms with Crippen LogP contribution in [0.2, 0.25) is 0 Å². The number of benzene rings is 1. The molecular weight excluding hydrogens is 251 g/mol. The van der Waals surface area contributed by atoms with E-state index in [0.29, 0.717) is 12.3 Å². The number of hydrogen-bond acceptors (Lipinski definition) is 3. The summed E-state index contributed by atoms with van der Waals surface area (Å²) < 4.78 is 12.9. The Bertz CT molecular complexity index is 410. The van der Waals surface area contributed by atoms with Gasteiger partial charge in [0.15, 0.2) is 0 Å². The third-order valence-electron chi connectivity index (χ3n) is 2.90. The zero-order valence-corrected chi connectivity index (χ0v) is 11.2. The molecule has 1 aromatic carbocycles. The predicted octanol–water partition coefficient (Wildman–Crippen LogP) is 2.01. The quantitative estimate of drug-likeness (QED) is 0.829. The molecule has 0 aromatic heterocycles. The van der Waals surface area contributed by atoms with E-state index in [1.54, 1.807) is 23.9 Å². The molecule has 1 fully saturated rings. The minimum absolute atomic E-state index is 0.0248. The molecule has 1 saturated heterocycles. The number of amides is 1. The average Bonchev–Trinajstić information content (AvgIpc) is 2.73. The molecule has 2 rings (SSSR count). The van der Waals surface area contributed by atoms with Gasteiger partial charge in [-0.3, -0.25) is 4.79 Å². The second kappa shape index (κ2) is 6.20. The van der Waals surface area contributed by atoms with Gasteiger partial charge in [0.25, 0.3) is 0 Å². The molecule has 0 aliphatic carbocycles. The monoisotopic (exact) mass is 268 g/mol. The van der Waals surface area contributed by atoms with E-state index in [1.165, 1.54) is 12.1 Å². The molecule has 1 aliphatic rings. The first-order chi connectivity index (χ1) is 8.72. The van der Waals surface area contributed by atoms with Gasteiger partial charge < -0.3 is 10.2 Å². The van der Waals surface area contributed by atoms with E-state index in [2.05, 4.69) is 5.32 Å². The summed E-state index contributed by atoms with van der Waals surface area (Å²) >= 11 is 1.60. The highest BCUT2D eigenvalue weighted by Gasteiger charge is 2.32. The maximum absolute atomic E-state index is 12.9. The number of nitrogens with one attached hydrogen (secondary N) is 1. The smallest absolute Gasteiger partial charge is 0.233 e. The van der Waals surface area contributed by atoms with Gasteiger partial charge in [-0.25, -0.2) is 4.39 Å². The lowest BCUT2D eigenvalue weighted by atomic mass is 10.2. The maximum Gasteiger partial charge on any atom is 0.233 e. The molecule has 5 heteroatoms. The highest BCUT2D eigenvalue weighted by molar-refractivity contribution is 8.00. The zero-order chi connectivity index (χ0) is 13.0. The molecular formula is C13H17FN2OS. The topological polar surface area (TPSA) is 32.3 Å². The normalized spacial score (nSPS) is 19.6. The van der Waals surface area contributed by atoms with Crippen molar-refractivity contribution in [3.05, 3.63) is 35.6 Å². The van der Waals surface area contributed by atoms with Crippen LogP contribution in [0.25, 0.3) is 0 Å². The number of likely N-dealkylation sites (N-methyl/N-ethyl adjacent to an activating group) is 1. The minimum Gasteiger partial charge on any atom is -0.325 e. The van der Waals surface area contributed by atoms with Crippen molar-refractivity contribution in [3.63, 3.8) is 0 Å². The van der Waals surface area contributed by atoms with E-state index < -0.39 is 0 Å². The lowest BCUT2D eigenvalue weighted by Crippen LogP contribution is -2.35. The van der Waals surface area contributed by atoms with Crippen LogP contribution in [-0.4, -0.2) is 36.2 Å². The SMILES string of the molecule is CCNCCN1C(=O)CS[C@@H]1c1ccc(F)cc1. The van der Waals surface area contributed by atoms with Gasteiger partial charge in [-0.15, -0.1) is 11.8 Å². The third kappa shape index (κ3) is 3.03. The zero-order valence-electron chi connectivity index (χ0n) is 10.4. The summed E-state index contributed by atoms with van der Waals surface area (Å²) in [5.74, 6) is 0.424. The van der Waals surface area contributed by atoms with Crippen LogP contribution < -0.4 is 5.32 Å². The van der Waals surface area contributed by atoms with Gasteiger partial charge in [0.2, 0.25) is 5.91 Å². The Morgan fingerprint density at radius 3 is 2.83 bits per heavy atom. The third-order valence-corrected chi connectivity index (χ3v) is 4.16. The maximum atomic E-state index is 12.9. The largest absolute Gasteiger partial charge is 0.325 e. The van der Waals surface area contributed by atoms with Gasteiger partial charge in [-0.2, -0.15) is 0 Å². The molecule has 98 valence electrons. The molecule has 0 spiro atoms. The van der Waals surface area contributed by atoms with Gasteiger partial charge in [0.1, 0.15) is 11.2 Å². The summed E-state index contributed by atoms with van der Waals surface area (Å²) in [6, 6.07) is 6.40. The van der Waals surface area contributed by atoms with Gasteiger partial charge in [0.05, 0.1) is 5.75 Å². The van der Waals surface area contributed by atoms with Crippen LogP contribution in [0, 0.1) is 5.82 Å². The van der Waals surface area contributed by atoms with E-state index in [0.717, 1.165) is 18.7 Å². The Balaban J connectivity index is 2.06. The molecule has 1 heterocycles. The number of hydrogen-bond donors (Lipinski definition) is 1. The first-order valence-electron chi connectivity index (χ1n) is 6.09. The van der Waals surface area contributed by atoms with Crippen LogP contribution in [0.3, 0.4) is 0 Å². The van der Waals surface area contributed by atoms with Gasteiger partial charge in [-0.1, -0.05) is 19.1 Å². The van der Waals surface area contributed by atoms with Crippen LogP contribution in [0.4, 0.5) is 4.39 Å². The summed E-state index contributed by atoms with van der Waals surface area (Å²) in [6.07, 6.45) is 0. The Morgan fingerprint density at radius 1 is 1.44 bits per heavy atom. The van der Waals surface area contributed by atoms with Crippen LogP contribution in [0.1, 0.15) is 17.9 Å². The van der Waals surface area contributed by atoms with Crippen molar-refractivity contribution >= 4 is 17.7 Å². The molecule has 1 N–H and O–H groups in total. The predicted molar refractivity (Wildman–Crippen MR) is 71.9 cm³/mol. The van der Waals surface area contributed by atoms with Crippen LogP contribution >= 0.6 is 11.8 Å². The molecule has 1 amide bonds. The summed E-state index contributed by atoms with van der Waals surface area (Å²) in [7, 11) is 0.